The van der Waals surface area contributed by atoms with Crippen LogP contribution < -0.4 is 14.4 Å². The molecule has 2 aliphatic heterocycles. The number of halogens is 1. The van der Waals surface area contributed by atoms with Gasteiger partial charge in [-0.1, -0.05) is 36.7 Å². The van der Waals surface area contributed by atoms with E-state index >= 15 is 0 Å². The van der Waals surface area contributed by atoms with Crippen LogP contribution in [0, 0.1) is 17.8 Å². The van der Waals surface area contributed by atoms with Gasteiger partial charge in [0.1, 0.15) is 5.75 Å². The average Bonchev–Trinajstić information content (AvgIpc) is 3.20. The van der Waals surface area contributed by atoms with Crippen LogP contribution in [-0.4, -0.2) is 78.9 Å². The van der Waals surface area contributed by atoms with Gasteiger partial charge in [0.2, 0.25) is 10.0 Å². The van der Waals surface area contributed by atoms with Gasteiger partial charge in [0.25, 0.3) is 5.91 Å². The average molecular weight is 701 g/mol. The van der Waals surface area contributed by atoms with E-state index in [4.69, 9.17) is 30.5 Å². The van der Waals surface area contributed by atoms with Crippen molar-refractivity contribution in [1.29, 1.82) is 0 Å². The topological polar surface area (TPSA) is 103 Å². The molecule has 2 heterocycles. The first-order valence-electron chi connectivity index (χ1n) is 17.3. The van der Waals surface area contributed by atoms with Crippen LogP contribution in [0.4, 0.5) is 5.69 Å². The highest BCUT2D eigenvalue weighted by molar-refractivity contribution is 7.90. The number of carbonyl (C=O) groups is 1. The van der Waals surface area contributed by atoms with Crippen LogP contribution in [0.2, 0.25) is 5.02 Å². The number of nitrogens with one attached hydrogen (secondary N) is 1. The van der Waals surface area contributed by atoms with Crippen molar-refractivity contribution in [2.24, 2.45) is 17.8 Å². The van der Waals surface area contributed by atoms with E-state index in [9.17, 15) is 13.2 Å². The molecule has 1 amide bonds. The first kappa shape index (κ1) is 35.2. The Balaban J connectivity index is 1.36. The van der Waals surface area contributed by atoms with Crippen LogP contribution in [0.15, 0.2) is 48.6 Å². The number of carbonyl (C=O) groups excluding carboxylic acids is 1. The largest absolute Gasteiger partial charge is 0.490 e. The minimum absolute atomic E-state index is 0.123. The predicted molar refractivity (Wildman–Crippen MR) is 188 cm³/mol. The van der Waals surface area contributed by atoms with Crippen LogP contribution in [0.1, 0.15) is 67.4 Å². The Morgan fingerprint density at radius 1 is 1.08 bits per heavy atom. The maximum atomic E-state index is 13.5. The Hall–Kier alpha value is -2.63. The second-order valence-corrected chi connectivity index (χ2v) is 16.5. The lowest BCUT2D eigenvalue weighted by atomic mass is 9.68. The lowest BCUT2D eigenvalue weighted by Crippen LogP contribution is -2.49. The summed E-state index contributed by atoms with van der Waals surface area (Å²) in [5.41, 5.74) is 3.39. The standard InChI is InChI=1S/C37H49ClN2O7S/c1-25-6-4-8-34(46-19-18-45-17-16-44-3)31-12-9-29(31)22-40-23-37(15-5-7-27-20-30(38)11-13-32(27)37)24-47-35-14-10-28(21-33(35)40)36(41)39-48(42,43)26(25)2/h4,8,10-11,13-14,20-21,25-26,29,31,34H,5-7,9,12,15-19,22-24H2,1-3H3,(H,39,41)/b8-4+/t25-,26?,29-,31+,34-,37-/m0/s1. The third-order valence-corrected chi connectivity index (χ3v) is 13.1. The highest BCUT2D eigenvalue weighted by Crippen LogP contribution is 2.47. The lowest BCUT2D eigenvalue weighted by Gasteiger charge is -2.46. The molecule has 2 aromatic rings. The molecule has 1 N–H and O–H groups in total. The number of aryl methyl sites for hydroxylation is 1. The normalized spacial score (nSPS) is 30.6. The molecule has 2 aromatic carbocycles. The number of sulfonamides is 1. The number of rotatable bonds is 7. The first-order chi connectivity index (χ1) is 23.1. The highest BCUT2D eigenvalue weighted by Gasteiger charge is 2.44. The number of nitrogens with zero attached hydrogens (tertiary/aromatic N) is 1. The minimum Gasteiger partial charge on any atom is -0.490 e. The summed E-state index contributed by atoms with van der Waals surface area (Å²) in [6.07, 6.45) is 9.68. The van der Waals surface area contributed by atoms with Gasteiger partial charge in [0.05, 0.1) is 50.1 Å². The Morgan fingerprint density at radius 3 is 2.71 bits per heavy atom. The predicted octanol–water partition coefficient (Wildman–Crippen LogP) is 5.93. The SMILES string of the molecule is COCCOCCO[C@H]1/C=C/C[C@H](C)C(C)S(=O)(=O)NC(=O)c2ccc3c(c2)N(C[C@@H]2CC[C@H]21)C[C@@]1(CCCc2cc(Cl)ccc21)CO3. The number of allylic oxidation sites excluding steroid dienone is 1. The molecule has 6 atom stereocenters. The van der Waals surface area contributed by atoms with Crippen LogP contribution >= 0.6 is 11.6 Å². The molecular formula is C37H49ClN2O7S. The summed E-state index contributed by atoms with van der Waals surface area (Å²) < 4.78 is 53.0. The fourth-order valence-corrected chi connectivity index (χ4v) is 9.29. The van der Waals surface area contributed by atoms with E-state index in [1.807, 2.05) is 25.1 Å². The van der Waals surface area contributed by atoms with Crippen molar-refractivity contribution in [3.8, 4) is 5.75 Å². The van der Waals surface area contributed by atoms with Gasteiger partial charge in [0.15, 0.2) is 0 Å². The number of ether oxygens (including phenoxy) is 4. The number of benzene rings is 2. The molecule has 4 aliphatic rings. The molecule has 9 nitrogen and oxygen atoms in total. The summed E-state index contributed by atoms with van der Waals surface area (Å²) in [6, 6.07) is 11.5. The summed E-state index contributed by atoms with van der Waals surface area (Å²) in [5, 5.41) is -0.0344. The number of hydrogen-bond donors (Lipinski definition) is 1. The van der Waals surface area contributed by atoms with E-state index in [0.29, 0.717) is 63.2 Å². The van der Waals surface area contributed by atoms with Crippen LogP contribution in [0.5, 0.6) is 5.75 Å². The Bertz CT molecular complexity index is 1600. The zero-order chi connectivity index (χ0) is 33.9. The summed E-state index contributed by atoms with van der Waals surface area (Å²) in [4.78, 5) is 15.9. The smallest absolute Gasteiger partial charge is 0.264 e. The van der Waals surface area contributed by atoms with Gasteiger partial charge in [0, 0.05) is 36.2 Å². The van der Waals surface area contributed by atoms with Crippen molar-refractivity contribution in [1.82, 2.24) is 4.72 Å². The van der Waals surface area contributed by atoms with Gasteiger partial charge in [-0.05, 0) is 105 Å². The van der Waals surface area contributed by atoms with Crippen molar-refractivity contribution in [3.63, 3.8) is 0 Å². The number of anilines is 1. The maximum absolute atomic E-state index is 13.5. The van der Waals surface area contributed by atoms with Gasteiger partial charge >= 0.3 is 0 Å². The second kappa shape index (κ2) is 15.1. The Morgan fingerprint density at radius 2 is 1.92 bits per heavy atom. The Kier molecular flexibility index (Phi) is 11.1. The quantitative estimate of drug-likeness (QED) is 0.280. The lowest BCUT2D eigenvalue weighted by molar-refractivity contribution is -0.0410. The van der Waals surface area contributed by atoms with Crippen molar-refractivity contribution < 1.29 is 32.2 Å². The minimum atomic E-state index is -3.93. The summed E-state index contributed by atoms with van der Waals surface area (Å²) in [7, 11) is -2.28. The molecule has 262 valence electrons. The van der Waals surface area contributed by atoms with Crippen LogP contribution in [-0.2, 0) is 36.1 Å². The van der Waals surface area contributed by atoms with Crippen molar-refractivity contribution in [2.45, 2.75) is 69.1 Å². The third-order valence-electron chi connectivity index (χ3n) is 11.0. The molecule has 1 unspecified atom stereocenters. The van der Waals surface area contributed by atoms with E-state index in [1.54, 1.807) is 20.1 Å². The zero-order valence-electron chi connectivity index (χ0n) is 28.3. The second-order valence-electron chi connectivity index (χ2n) is 14.1. The van der Waals surface area contributed by atoms with E-state index in [-0.39, 0.29) is 23.4 Å². The van der Waals surface area contributed by atoms with Gasteiger partial charge in [-0.3, -0.25) is 4.79 Å². The van der Waals surface area contributed by atoms with E-state index < -0.39 is 21.2 Å². The molecule has 0 radical (unpaired) electrons. The number of amides is 1. The van der Waals surface area contributed by atoms with Crippen molar-refractivity contribution in [2.75, 3.05) is 58.1 Å². The summed E-state index contributed by atoms with van der Waals surface area (Å²) in [5.74, 6) is 0.505. The summed E-state index contributed by atoms with van der Waals surface area (Å²) in [6.45, 7) is 7.53. The van der Waals surface area contributed by atoms with Crippen LogP contribution in [0.25, 0.3) is 0 Å². The van der Waals surface area contributed by atoms with E-state index in [0.717, 1.165) is 49.4 Å². The fourth-order valence-electron chi connectivity index (χ4n) is 7.81. The Labute approximate surface area is 290 Å². The molecule has 1 fully saturated rings. The van der Waals surface area contributed by atoms with Crippen LogP contribution in [0.3, 0.4) is 0 Å². The van der Waals surface area contributed by atoms with Gasteiger partial charge < -0.3 is 23.8 Å². The molecule has 0 aromatic heterocycles. The van der Waals surface area contributed by atoms with E-state index in [1.165, 1.54) is 11.1 Å². The fraction of sp³-hybridized carbons (Fsp3) is 0.595. The molecule has 48 heavy (non-hydrogen) atoms. The van der Waals surface area contributed by atoms with Gasteiger partial charge in [-0.15, -0.1) is 0 Å². The van der Waals surface area contributed by atoms with Gasteiger partial charge in [-0.2, -0.15) is 0 Å². The molecular weight excluding hydrogens is 652 g/mol. The maximum Gasteiger partial charge on any atom is 0.264 e. The molecule has 2 aliphatic carbocycles. The highest BCUT2D eigenvalue weighted by atomic mass is 35.5. The van der Waals surface area contributed by atoms with E-state index in [2.05, 4.69) is 33.9 Å². The monoisotopic (exact) mass is 700 g/mol. The molecule has 1 spiro atoms. The van der Waals surface area contributed by atoms with Crippen molar-refractivity contribution in [3.05, 3.63) is 70.3 Å². The third kappa shape index (κ3) is 7.58. The molecule has 6 rings (SSSR count). The molecule has 2 bridgehead atoms. The zero-order valence-corrected chi connectivity index (χ0v) is 29.9. The number of fused-ring (bicyclic) bond motifs is 4. The summed E-state index contributed by atoms with van der Waals surface area (Å²) >= 11 is 6.44. The first-order valence-corrected chi connectivity index (χ1v) is 19.2. The molecule has 11 heteroatoms. The molecule has 0 saturated heterocycles. The molecule has 1 saturated carbocycles. The number of hydrogen-bond acceptors (Lipinski definition) is 8. The van der Waals surface area contributed by atoms with Crippen molar-refractivity contribution >= 4 is 33.2 Å². The number of methoxy groups -OCH3 is 1. The van der Waals surface area contributed by atoms with Gasteiger partial charge in [-0.25, -0.2) is 13.1 Å².